The summed E-state index contributed by atoms with van der Waals surface area (Å²) < 4.78 is 30.9. The molecule has 0 aromatic heterocycles. The predicted octanol–water partition coefficient (Wildman–Crippen LogP) is 2.64. The van der Waals surface area contributed by atoms with E-state index in [4.69, 9.17) is 4.74 Å². The van der Waals surface area contributed by atoms with Gasteiger partial charge in [0.05, 0.1) is 23.5 Å². The van der Waals surface area contributed by atoms with Crippen molar-refractivity contribution in [2.24, 2.45) is 5.92 Å². The van der Waals surface area contributed by atoms with Gasteiger partial charge in [-0.05, 0) is 37.0 Å². The van der Waals surface area contributed by atoms with Crippen LogP contribution in [-0.4, -0.2) is 35.1 Å². The second-order valence-corrected chi connectivity index (χ2v) is 7.42. The second kappa shape index (κ2) is 9.13. The van der Waals surface area contributed by atoms with Crippen LogP contribution >= 0.6 is 0 Å². The van der Waals surface area contributed by atoms with Crippen LogP contribution in [0, 0.1) is 11.7 Å². The molecule has 1 aromatic carbocycles. The van der Waals surface area contributed by atoms with Gasteiger partial charge in [-0.25, -0.2) is 4.39 Å². The maximum absolute atomic E-state index is 13.1. The molecule has 3 atom stereocenters. The maximum atomic E-state index is 13.1. The summed E-state index contributed by atoms with van der Waals surface area (Å²) in [6.07, 6.45) is 5.03. The standard InChI is InChI=1S/C17H24FNO3S/c1-13-5-2-3-8-16(13)22-10-9-19-17(20)12-23(21)15-7-4-6-14(18)11-15/h4,6-7,11,13,16H,2-3,5,8-10,12H2,1H3,(H,19,20). The van der Waals surface area contributed by atoms with Gasteiger partial charge in [-0.15, -0.1) is 0 Å². The molecule has 4 nitrogen and oxygen atoms in total. The average molecular weight is 341 g/mol. The lowest BCUT2D eigenvalue weighted by Crippen LogP contribution is -2.33. The molecule has 1 aromatic rings. The van der Waals surface area contributed by atoms with E-state index in [1.165, 1.54) is 37.5 Å². The van der Waals surface area contributed by atoms with E-state index in [0.717, 1.165) is 6.42 Å². The lowest BCUT2D eigenvalue weighted by atomic mass is 9.88. The van der Waals surface area contributed by atoms with Gasteiger partial charge in [-0.3, -0.25) is 9.00 Å². The molecule has 1 fully saturated rings. The number of nitrogens with one attached hydrogen (secondary N) is 1. The molecule has 1 N–H and O–H groups in total. The summed E-state index contributed by atoms with van der Waals surface area (Å²) in [5, 5.41) is 2.70. The van der Waals surface area contributed by atoms with Crippen molar-refractivity contribution >= 4 is 16.7 Å². The molecule has 0 radical (unpaired) electrons. The van der Waals surface area contributed by atoms with E-state index in [9.17, 15) is 13.4 Å². The average Bonchev–Trinajstić information content (AvgIpc) is 2.53. The number of amides is 1. The van der Waals surface area contributed by atoms with E-state index >= 15 is 0 Å². The molecule has 2 rings (SSSR count). The summed E-state index contributed by atoms with van der Waals surface area (Å²) in [5.41, 5.74) is 0. The fourth-order valence-electron chi connectivity index (χ4n) is 2.79. The molecule has 128 valence electrons. The molecule has 0 saturated heterocycles. The molecule has 1 saturated carbocycles. The van der Waals surface area contributed by atoms with Crippen LogP contribution in [0.4, 0.5) is 4.39 Å². The zero-order valence-corrected chi connectivity index (χ0v) is 14.2. The van der Waals surface area contributed by atoms with Gasteiger partial charge in [-0.2, -0.15) is 0 Å². The molecule has 1 aliphatic rings. The van der Waals surface area contributed by atoms with Crippen molar-refractivity contribution in [3.8, 4) is 0 Å². The summed E-state index contributed by atoms with van der Waals surface area (Å²) in [6, 6.07) is 5.51. The van der Waals surface area contributed by atoms with Crippen LogP contribution in [0.3, 0.4) is 0 Å². The number of rotatable bonds is 7. The molecule has 0 spiro atoms. The highest BCUT2D eigenvalue weighted by Gasteiger charge is 2.21. The molecule has 0 aliphatic heterocycles. The molecule has 3 unspecified atom stereocenters. The number of hydrogen-bond acceptors (Lipinski definition) is 3. The number of hydrogen-bond donors (Lipinski definition) is 1. The Labute approximate surface area is 139 Å². The minimum absolute atomic E-state index is 0.163. The van der Waals surface area contributed by atoms with Crippen LogP contribution < -0.4 is 5.32 Å². The van der Waals surface area contributed by atoms with Gasteiger partial charge in [-0.1, -0.05) is 25.8 Å². The van der Waals surface area contributed by atoms with Crippen molar-refractivity contribution in [2.75, 3.05) is 18.9 Å². The zero-order valence-electron chi connectivity index (χ0n) is 13.4. The first-order chi connectivity index (χ1) is 11.1. The quantitative estimate of drug-likeness (QED) is 0.776. The molecular weight excluding hydrogens is 317 g/mol. The highest BCUT2D eigenvalue weighted by molar-refractivity contribution is 7.85. The largest absolute Gasteiger partial charge is 0.376 e. The van der Waals surface area contributed by atoms with Gasteiger partial charge in [0, 0.05) is 11.4 Å². The Morgan fingerprint density at radius 2 is 2.17 bits per heavy atom. The predicted molar refractivity (Wildman–Crippen MR) is 88.1 cm³/mol. The zero-order chi connectivity index (χ0) is 16.7. The fourth-order valence-corrected chi connectivity index (χ4v) is 3.77. The summed E-state index contributed by atoms with van der Waals surface area (Å²) in [4.78, 5) is 12.1. The summed E-state index contributed by atoms with van der Waals surface area (Å²) in [6.45, 7) is 3.07. The van der Waals surface area contributed by atoms with Gasteiger partial charge in [0.1, 0.15) is 11.6 Å². The van der Waals surface area contributed by atoms with Crippen LogP contribution in [0.2, 0.25) is 0 Å². The SMILES string of the molecule is CC1CCCCC1OCCNC(=O)CS(=O)c1cccc(F)c1. The second-order valence-electron chi connectivity index (χ2n) is 5.97. The summed E-state index contributed by atoms with van der Waals surface area (Å²) in [7, 11) is -1.53. The Hall–Kier alpha value is -1.27. The maximum Gasteiger partial charge on any atom is 0.233 e. The molecule has 23 heavy (non-hydrogen) atoms. The minimum atomic E-state index is -1.53. The van der Waals surface area contributed by atoms with Crippen LogP contribution in [0.15, 0.2) is 29.2 Å². The number of ether oxygens (including phenoxy) is 1. The Balaban J connectivity index is 1.66. The topological polar surface area (TPSA) is 55.4 Å². The monoisotopic (exact) mass is 341 g/mol. The third-order valence-corrected chi connectivity index (χ3v) is 5.41. The Bertz CT molecular complexity index is 552. The molecular formula is C17H24FNO3S. The molecule has 0 bridgehead atoms. The van der Waals surface area contributed by atoms with Gasteiger partial charge in [0.2, 0.25) is 5.91 Å². The minimum Gasteiger partial charge on any atom is -0.376 e. The molecule has 0 heterocycles. The van der Waals surface area contributed by atoms with Crippen LogP contribution in [0.5, 0.6) is 0 Å². The van der Waals surface area contributed by atoms with E-state index in [2.05, 4.69) is 12.2 Å². The number of benzene rings is 1. The van der Waals surface area contributed by atoms with Crippen molar-refractivity contribution in [2.45, 2.75) is 43.6 Å². The summed E-state index contributed by atoms with van der Waals surface area (Å²) >= 11 is 0. The van der Waals surface area contributed by atoms with Crippen LogP contribution in [0.25, 0.3) is 0 Å². The number of halogens is 1. The smallest absolute Gasteiger partial charge is 0.233 e. The number of carbonyl (C=O) groups excluding carboxylic acids is 1. The third kappa shape index (κ3) is 6.03. The highest BCUT2D eigenvalue weighted by Crippen LogP contribution is 2.25. The van der Waals surface area contributed by atoms with E-state index < -0.39 is 16.6 Å². The van der Waals surface area contributed by atoms with Crippen molar-refractivity contribution in [3.63, 3.8) is 0 Å². The number of carbonyl (C=O) groups is 1. The Morgan fingerprint density at radius 3 is 2.91 bits per heavy atom. The fraction of sp³-hybridized carbons (Fsp3) is 0.588. The molecule has 1 aliphatic carbocycles. The van der Waals surface area contributed by atoms with E-state index in [1.807, 2.05) is 0 Å². The molecule has 6 heteroatoms. The summed E-state index contributed by atoms with van der Waals surface area (Å²) in [5.74, 6) is -0.359. The van der Waals surface area contributed by atoms with Gasteiger partial charge >= 0.3 is 0 Å². The Morgan fingerprint density at radius 1 is 1.39 bits per heavy atom. The van der Waals surface area contributed by atoms with Gasteiger partial charge in [0.25, 0.3) is 0 Å². The normalized spacial score (nSPS) is 22.5. The highest BCUT2D eigenvalue weighted by atomic mass is 32.2. The van der Waals surface area contributed by atoms with Gasteiger partial charge < -0.3 is 10.1 Å². The van der Waals surface area contributed by atoms with E-state index in [0.29, 0.717) is 24.0 Å². The van der Waals surface area contributed by atoms with Crippen molar-refractivity contribution in [1.29, 1.82) is 0 Å². The van der Waals surface area contributed by atoms with Crippen LogP contribution in [0.1, 0.15) is 32.6 Å². The lowest BCUT2D eigenvalue weighted by Gasteiger charge is -2.28. The first-order valence-corrected chi connectivity index (χ1v) is 9.40. The van der Waals surface area contributed by atoms with Gasteiger partial charge in [0.15, 0.2) is 0 Å². The van der Waals surface area contributed by atoms with E-state index in [-0.39, 0.29) is 17.8 Å². The molecule has 1 amide bonds. The lowest BCUT2D eigenvalue weighted by molar-refractivity contribution is -0.119. The third-order valence-electron chi connectivity index (χ3n) is 4.11. The van der Waals surface area contributed by atoms with Crippen molar-refractivity contribution in [1.82, 2.24) is 5.32 Å². The van der Waals surface area contributed by atoms with E-state index in [1.54, 1.807) is 6.07 Å². The Kier molecular flexibility index (Phi) is 7.17. The first-order valence-electron chi connectivity index (χ1n) is 8.08. The first kappa shape index (κ1) is 18.1. The van der Waals surface area contributed by atoms with Crippen molar-refractivity contribution in [3.05, 3.63) is 30.1 Å². The van der Waals surface area contributed by atoms with Crippen LogP contribution in [-0.2, 0) is 20.3 Å². The van der Waals surface area contributed by atoms with Crippen molar-refractivity contribution < 1.29 is 18.1 Å².